The summed E-state index contributed by atoms with van der Waals surface area (Å²) in [4.78, 5) is 24.1. The molecule has 0 spiro atoms. The molecule has 1 aromatic rings. The largest absolute Gasteiger partial charge is 0.475 e. The molecule has 0 bridgehead atoms. The van der Waals surface area contributed by atoms with E-state index in [4.69, 9.17) is 18.9 Å². The quantitative estimate of drug-likeness (QED) is 0.292. The zero-order valence-corrected chi connectivity index (χ0v) is 16.7. The summed E-state index contributed by atoms with van der Waals surface area (Å²) >= 11 is 0. The Balaban J connectivity index is 3.52. The second-order valence-corrected chi connectivity index (χ2v) is 5.50. The van der Waals surface area contributed by atoms with E-state index in [1.165, 1.54) is 47.4 Å². The van der Waals surface area contributed by atoms with Crippen molar-refractivity contribution >= 4 is 11.8 Å². The summed E-state index contributed by atoms with van der Waals surface area (Å²) in [6, 6.07) is 0. The van der Waals surface area contributed by atoms with E-state index in [-0.39, 0.29) is 38.7 Å². The van der Waals surface area contributed by atoms with E-state index in [0.29, 0.717) is 0 Å². The third-order valence-electron chi connectivity index (χ3n) is 3.38. The molecule has 2 amide bonds. The standard InChI is InChI=1S/C15H29N6O6/c1-14(22)20(12-26-5)17-7-16(19(10-24-3)11-25-4)8-18(9-17)21(13-27-6)15(2)23/h7-9H,10-13H2,1-6H3/q+3. The normalized spacial score (nSPS) is 10.6. The predicted octanol–water partition coefficient (Wildman–Crippen LogP) is -3.13. The molecule has 12 nitrogen and oxygen atoms in total. The van der Waals surface area contributed by atoms with E-state index in [0.717, 1.165) is 0 Å². The predicted molar refractivity (Wildman–Crippen MR) is 90.5 cm³/mol. The molecule has 0 saturated carbocycles. The van der Waals surface area contributed by atoms with Crippen molar-refractivity contribution in [3.05, 3.63) is 19.0 Å². The van der Waals surface area contributed by atoms with Gasteiger partial charge in [0.1, 0.15) is 0 Å². The van der Waals surface area contributed by atoms with Gasteiger partial charge in [0.25, 0.3) is 11.8 Å². The number of rotatable bonds is 11. The van der Waals surface area contributed by atoms with Crippen molar-refractivity contribution in [2.75, 3.05) is 70.4 Å². The molecule has 12 heteroatoms. The monoisotopic (exact) mass is 389 g/mol. The average Bonchev–Trinajstić information content (AvgIpc) is 2.63. The Morgan fingerprint density at radius 2 is 1.00 bits per heavy atom. The third-order valence-corrected chi connectivity index (χ3v) is 3.38. The third kappa shape index (κ3) is 6.36. The second-order valence-electron chi connectivity index (χ2n) is 5.50. The molecule has 152 valence electrons. The molecule has 0 N–H and O–H groups in total. The Bertz CT molecular complexity index is 583. The number of ether oxygens (including phenoxy) is 4. The van der Waals surface area contributed by atoms with E-state index in [1.807, 2.05) is 0 Å². The van der Waals surface area contributed by atoms with Crippen molar-refractivity contribution in [3.8, 4) is 0 Å². The minimum absolute atomic E-state index is 0.0168. The summed E-state index contributed by atoms with van der Waals surface area (Å²) in [5, 5.41) is 4.38. The summed E-state index contributed by atoms with van der Waals surface area (Å²) in [5.41, 5.74) is 0. The van der Waals surface area contributed by atoms with Crippen LogP contribution < -0.4 is 29.1 Å². The maximum Gasteiger partial charge on any atom is 0.475 e. The van der Waals surface area contributed by atoms with Crippen LogP contribution >= 0.6 is 0 Å². The van der Waals surface area contributed by atoms with Gasteiger partial charge in [-0.05, 0) is 0 Å². The number of hydrogen-bond acceptors (Lipinski definition) is 7. The minimum atomic E-state index is -0.253. The van der Waals surface area contributed by atoms with Crippen LogP contribution in [0.2, 0.25) is 0 Å². The number of methoxy groups -OCH3 is 4. The molecule has 0 fully saturated rings. The van der Waals surface area contributed by atoms with Gasteiger partial charge in [-0.1, -0.05) is 10.0 Å². The van der Waals surface area contributed by atoms with Crippen molar-refractivity contribution in [2.45, 2.75) is 13.8 Å². The van der Waals surface area contributed by atoms with Gasteiger partial charge >= 0.3 is 19.0 Å². The van der Waals surface area contributed by atoms with Crippen molar-refractivity contribution in [2.24, 2.45) is 0 Å². The van der Waals surface area contributed by atoms with E-state index in [9.17, 15) is 9.59 Å². The molecule has 0 unspecified atom stereocenters. The highest BCUT2D eigenvalue weighted by atomic mass is 16.5. The van der Waals surface area contributed by atoms with Crippen LogP contribution in [-0.4, -0.2) is 67.2 Å². The van der Waals surface area contributed by atoms with Gasteiger partial charge in [0.05, 0.1) is 0 Å². The molecular weight excluding hydrogens is 360 g/mol. The first-order chi connectivity index (χ1) is 12.9. The molecule has 0 aliphatic carbocycles. The number of carbonyl (C=O) groups excluding carboxylic acids is 2. The van der Waals surface area contributed by atoms with Crippen LogP contribution in [0.25, 0.3) is 0 Å². The Hall–Kier alpha value is -2.41. The van der Waals surface area contributed by atoms with Crippen LogP contribution in [-0.2, 0) is 28.5 Å². The van der Waals surface area contributed by atoms with Gasteiger partial charge in [-0.25, -0.2) is 0 Å². The number of carbonyl (C=O) groups is 2. The number of aromatic nitrogens is 3. The first kappa shape index (κ1) is 22.6. The van der Waals surface area contributed by atoms with E-state index in [2.05, 4.69) is 0 Å². The zero-order valence-electron chi connectivity index (χ0n) is 16.7. The van der Waals surface area contributed by atoms with Crippen molar-refractivity contribution in [1.29, 1.82) is 0 Å². The van der Waals surface area contributed by atoms with Crippen molar-refractivity contribution < 1.29 is 42.6 Å². The van der Waals surface area contributed by atoms with Gasteiger partial charge < -0.3 is 18.9 Å². The Morgan fingerprint density at radius 3 is 1.30 bits per heavy atom. The first-order valence-corrected chi connectivity index (χ1v) is 8.06. The molecule has 0 saturated heterocycles. The fourth-order valence-electron chi connectivity index (χ4n) is 2.20. The number of hydrogen-bond donors (Lipinski definition) is 0. The number of nitrogens with zero attached hydrogens (tertiary/aromatic N) is 6. The van der Waals surface area contributed by atoms with Crippen LogP contribution in [0.15, 0.2) is 19.0 Å². The molecule has 1 heterocycles. The summed E-state index contributed by atoms with van der Waals surface area (Å²) < 4.78 is 25.2. The van der Waals surface area contributed by atoms with Gasteiger partial charge in [0.2, 0.25) is 0 Å². The lowest BCUT2D eigenvalue weighted by atomic mass is 10.6. The van der Waals surface area contributed by atoms with Gasteiger partial charge in [-0.15, -0.1) is 5.01 Å². The van der Waals surface area contributed by atoms with Gasteiger partial charge in [0.15, 0.2) is 26.9 Å². The fourth-order valence-corrected chi connectivity index (χ4v) is 2.20. The topological polar surface area (TPSA) is 92.4 Å². The summed E-state index contributed by atoms with van der Waals surface area (Å²) in [6.07, 6.45) is 4.80. The molecule has 1 aromatic heterocycles. The smallest absolute Gasteiger partial charge is 0.359 e. The molecule has 1 rings (SSSR count). The van der Waals surface area contributed by atoms with Crippen LogP contribution in [0.5, 0.6) is 0 Å². The minimum Gasteiger partial charge on any atom is -0.359 e. The molecule has 0 aliphatic heterocycles. The first-order valence-electron chi connectivity index (χ1n) is 8.06. The highest BCUT2D eigenvalue weighted by molar-refractivity contribution is 5.81. The lowest BCUT2D eigenvalue weighted by Gasteiger charge is -2.16. The molecule has 0 aromatic carbocycles. The van der Waals surface area contributed by atoms with E-state index in [1.54, 1.807) is 42.9 Å². The SMILES string of the molecule is COCN(COC)[n+]1c[n+](N(COC)C(C)=O)c[n+](N(COC)C(C)=O)c1. The van der Waals surface area contributed by atoms with E-state index >= 15 is 0 Å². The van der Waals surface area contributed by atoms with Crippen LogP contribution in [0, 0.1) is 0 Å². The Kier molecular flexibility index (Phi) is 9.50. The molecule has 27 heavy (non-hydrogen) atoms. The zero-order chi connectivity index (χ0) is 20.4. The lowest BCUT2D eigenvalue weighted by Crippen LogP contribution is -2.77. The van der Waals surface area contributed by atoms with Gasteiger partial charge in [0, 0.05) is 56.3 Å². The van der Waals surface area contributed by atoms with Crippen molar-refractivity contribution in [1.82, 2.24) is 0 Å². The fraction of sp³-hybridized carbons (Fsp3) is 0.667. The summed E-state index contributed by atoms with van der Waals surface area (Å²) in [5.74, 6) is -0.505. The van der Waals surface area contributed by atoms with Gasteiger partial charge in [-0.2, -0.15) is 0 Å². The maximum absolute atomic E-state index is 12.0. The lowest BCUT2D eigenvalue weighted by molar-refractivity contribution is -0.934. The highest BCUT2D eigenvalue weighted by Gasteiger charge is 2.35. The molecular formula is C15H29N6O6+3. The summed E-state index contributed by atoms with van der Waals surface area (Å²) in [6.45, 7) is 3.27. The summed E-state index contributed by atoms with van der Waals surface area (Å²) in [7, 11) is 6.06. The second kappa shape index (κ2) is 11.3. The molecule has 0 aliphatic rings. The highest BCUT2D eigenvalue weighted by Crippen LogP contribution is 1.85. The maximum atomic E-state index is 12.0. The average molecular weight is 389 g/mol. The number of amides is 2. The molecule has 0 radical (unpaired) electrons. The Labute approximate surface area is 158 Å². The van der Waals surface area contributed by atoms with E-state index < -0.39 is 0 Å². The van der Waals surface area contributed by atoms with Crippen molar-refractivity contribution in [3.63, 3.8) is 0 Å². The van der Waals surface area contributed by atoms with Crippen LogP contribution in [0.1, 0.15) is 13.8 Å². The van der Waals surface area contributed by atoms with Gasteiger partial charge in [-0.3, -0.25) is 9.59 Å². The van der Waals surface area contributed by atoms with Crippen LogP contribution in [0.3, 0.4) is 0 Å². The van der Waals surface area contributed by atoms with Crippen LogP contribution in [0.4, 0.5) is 0 Å². The Morgan fingerprint density at radius 1 is 0.667 bits per heavy atom. The molecule has 0 atom stereocenters.